The van der Waals surface area contributed by atoms with Crippen LogP contribution in [0.25, 0.3) is 0 Å². The third-order valence-electron chi connectivity index (χ3n) is 8.56. The summed E-state index contributed by atoms with van der Waals surface area (Å²) in [5, 5.41) is 0.173. The molecule has 2 fully saturated rings. The summed E-state index contributed by atoms with van der Waals surface area (Å²) in [6, 6.07) is 7.24. The number of benzene rings is 1. The number of rotatable bonds is 4. The van der Waals surface area contributed by atoms with Crippen LogP contribution in [0.4, 0.5) is 0 Å². The van der Waals surface area contributed by atoms with Gasteiger partial charge in [0.05, 0.1) is 11.0 Å². The first-order chi connectivity index (χ1) is 14.8. The van der Waals surface area contributed by atoms with Gasteiger partial charge in [-0.05, 0) is 67.4 Å². The molecule has 1 saturated heterocycles. The molecule has 0 unspecified atom stereocenters. The summed E-state index contributed by atoms with van der Waals surface area (Å²) in [7, 11) is -5.37. The van der Waals surface area contributed by atoms with Crippen LogP contribution in [0.2, 0.25) is 18.1 Å². The third-order valence-corrected chi connectivity index (χ3v) is 14.9. The average Bonchev–Trinajstić information content (AvgIpc) is 3.03. The molecule has 1 saturated carbocycles. The molecule has 1 aromatic rings. The van der Waals surface area contributed by atoms with Crippen molar-refractivity contribution in [2.75, 3.05) is 13.1 Å². The molecule has 3 aliphatic rings. The molecular weight excluding hydrogens is 434 g/mol. The molecule has 0 bridgehead atoms. The zero-order chi connectivity index (χ0) is 23.5. The van der Waals surface area contributed by atoms with E-state index in [9.17, 15) is 8.42 Å². The number of allylic oxidation sites excluding steroid dienone is 2. The summed E-state index contributed by atoms with van der Waals surface area (Å²) < 4.78 is 35.4. The number of nitrogens with zero attached hydrogens (tertiary/aromatic N) is 1. The minimum atomic E-state index is -3.48. The number of piperidine rings is 1. The van der Waals surface area contributed by atoms with Crippen molar-refractivity contribution in [3.63, 3.8) is 0 Å². The Morgan fingerprint density at radius 1 is 1.12 bits per heavy atom. The van der Waals surface area contributed by atoms with Gasteiger partial charge >= 0.3 is 0 Å². The summed E-state index contributed by atoms with van der Waals surface area (Å²) in [5.41, 5.74) is 3.82. The second-order valence-electron chi connectivity index (χ2n) is 11.7. The van der Waals surface area contributed by atoms with E-state index >= 15 is 0 Å². The van der Waals surface area contributed by atoms with Gasteiger partial charge < -0.3 is 4.43 Å². The number of hydrogen-bond donors (Lipinski definition) is 0. The van der Waals surface area contributed by atoms with E-state index in [4.69, 9.17) is 4.43 Å². The Kier molecular flexibility index (Phi) is 5.93. The molecular formula is C26H39NO3SSi. The van der Waals surface area contributed by atoms with E-state index in [-0.39, 0.29) is 22.5 Å². The van der Waals surface area contributed by atoms with Gasteiger partial charge in [-0.25, -0.2) is 8.42 Å². The van der Waals surface area contributed by atoms with E-state index in [0.29, 0.717) is 18.0 Å². The van der Waals surface area contributed by atoms with Crippen molar-refractivity contribution in [1.82, 2.24) is 4.31 Å². The number of aryl methyl sites for hydroxylation is 1. The molecule has 32 heavy (non-hydrogen) atoms. The van der Waals surface area contributed by atoms with Crippen molar-refractivity contribution in [2.24, 2.45) is 11.3 Å². The number of fused-ring (bicyclic) bond motifs is 3. The monoisotopic (exact) mass is 473 g/mol. The summed E-state index contributed by atoms with van der Waals surface area (Å²) >= 11 is 0. The predicted octanol–water partition coefficient (Wildman–Crippen LogP) is 6.06. The van der Waals surface area contributed by atoms with Crippen LogP contribution in [0.1, 0.15) is 52.5 Å². The molecule has 6 heteroatoms. The highest BCUT2D eigenvalue weighted by atomic mass is 32.2. The normalized spacial score (nSPS) is 29.2. The van der Waals surface area contributed by atoms with Crippen LogP contribution in [-0.2, 0) is 14.4 Å². The van der Waals surface area contributed by atoms with Crippen LogP contribution in [-0.4, -0.2) is 40.2 Å². The Bertz CT molecular complexity index is 1050. The van der Waals surface area contributed by atoms with Crippen molar-refractivity contribution in [3.05, 3.63) is 53.1 Å². The maximum atomic E-state index is 13.4. The molecule has 1 aliphatic heterocycles. The molecule has 4 rings (SSSR count). The summed E-state index contributed by atoms with van der Waals surface area (Å²) in [6.45, 7) is 16.9. The van der Waals surface area contributed by atoms with Crippen LogP contribution >= 0.6 is 0 Å². The standard InChI is InChI=1S/C26H39NO3SSi/c1-19-8-11-21(12-9-19)31(28,29)27-17-15-20-10-13-22-24(30-32(6,7)25(2,3)4)14-16-26(22,5)23(20)18-27/h8-13,23-24H,14-18H2,1-7H3/t23-,24-,26+/m1/s1. The van der Waals surface area contributed by atoms with Gasteiger partial charge in [-0.3, -0.25) is 0 Å². The van der Waals surface area contributed by atoms with Crippen LogP contribution in [0, 0.1) is 18.3 Å². The molecule has 3 atom stereocenters. The van der Waals surface area contributed by atoms with E-state index in [1.807, 2.05) is 19.1 Å². The molecule has 0 amide bonds. The fraction of sp³-hybridized carbons (Fsp3) is 0.615. The van der Waals surface area contributed by atoms with Gasteiger partial charge in [-0.1, -0.05) is 63.1 Å². The lowest BCUT2D eigenvalue weighted by molar-refractivity contribution is 0.186. The lowest BCUT2D eigenvalue weighted by Gasteiger charge is -2.46. The molecule has 0 N–H and O–H groups in total. The maximum absolute atomic E-state index is 13.4. The zero-order valence-corrected chi connectivity index (χ0v) is 22.6. The summed E-state index contributed by atoms with van der Waals surface area (Å²) in [6.07, 6.45) is 7.62. The van der Waals surface area contributed by atoms with E-state index in [1.54, 1.807) is 16.4 Å². The van der Waals surface area contributed by atoms with Gasteiger partial charge in [-0.15, -0.1) is 0 Å². The van der Waals surface area contributed by atoms with Crippen LogP contribution in [0.15, 0.2) is 52.5 Å². The fourth-order valence-electron chi connectivity index (χ4n) is 5.35. The van der Waals surface area contributed by atoms with Crippen molar-refractivity contribution < 1.29 is 12.8 Å². The van der Waals surface area contributed by atoms with Crippen molar-refractivity contribution in [2.45, 2.75) is 83.0 Å². The Balaban J connectivity index is 1.59. The maximum Gasteiger partial charge on any atom is 0.243 e. The zero-order valence-electron chi connectivity index (χ0n) is 20.7. The molecule has 4 nitrogen and oxygen atoms in total. The van der Waals surface area contributed by atoms with Crippen LogP contribution < -0.4 is 0 Å². The Morgan fingerprint density at radius 2 is 1.78 bits per heavy atom. The number of hydrogen-bond acceptors (Lipinski definition) is 3. The molecule has 1 heterocycles. The second kappa shape index (κ2) is 7.93. The number of sulfonamides is 1. The minimum absolute atomic E-state index is 0.0292. The summed E-state index contributed by atoms with van der Waals surface area (Å²) in [4.78, 5) is 0.401. The lowest BCUT2D eigenvalue weighted by Crippen LogP contribution is -2.48. The first-order valence-electron chi connectivity index (χ1n) is 11.9. The van der Waals surface area contributed by atoms with Gasteiger partial charge in [0.25, 0.3) is 0 Å². The quantitative estimate of drug-likeness (QED) is 0.499. The highest BCUT2D eigenvalue weighted by Crippen LogP contribution is 2.56. The predicted molar refractivity (Wildman–Crippen MR) is 134 cm³/mol. The molecule has 1 aromatic carbocycles. The van der Waals surface area contributed by atoms with Gasteiger partial charge in [0.15, 0.2) is 8.32 Å². The Labute approximate surface area is 195 Å². The highest BCUT2D eigenvalue weighted by Gasteiger charge is 2.52. The SMILES string of the molecule is Cc1ccc(S(=O)(=O)N2CCC3=CC=C4[C@H](O[Si](C)(C)C(C)(C)C)CC[C@]4(C)[C@@H]3C2)cc1. The first-order valence-corrected chi connectivity index (χ1v) is 16.3. The van der Waals surface area contributed by atoms with Crippen molar-refractivity contribution in [1.29, 1.82) is 0 Å². The van der Waals surface area contributed by atoms with Gasteiger partial charge in [0.1, 0.15) is 0 Å². The molecule has 0 radical (unpaired) electrons. The summed E-state index contributed by atoms with van der Waals surface area (Å²) in [5.74, 6) is 0.226. The second-order valence-corrected chi connectivity index (χ2v) is 18.4. The highest BCUT2D eigenvalue weighted by molar-refractivity contribution is 7.89. The molecule has 2 aliphatic carbocycles. The first kappa shape index (κ1) is 23.9. The van der Waals surface area contributed by atoms with E-state index in [2.05, 4.69) is 52.9 Å². The fourth-order valence-corrected chi connectivity index (χ4v) is 8.12. The topological polar surface area (TPSA) is 46.6 Å². The minimum Gasteiger partial charge on any atom is -0.410 e. The van der Waals surface area contributed by atoms with E-state index in [0.717, 1.165) is 24.8 Å². The van der Waals surface area contributed by atoms with Gasteiger partial charge in [0, 0.05) is 19.0 Å². The van der Waals surface area contributed by atoms with Crippen molar-refractivity contribution in [3.8, 4) is 0 Å². The van der Waals surface area contributed by atoms with Gasteiger partial charge in [0.2, 0.25) is 10.0 Å². The Morgan fingerprint density at radius 3 is 2.41 bits per heavy atom. The molecule has 0 aromatic heterocycles. The largest absolute Gasteiger partial charge is 0.410 e. The van der Waals surface area contributed by atoms with Crippen molar-refractivity contribution >= 4 is 18.3 Å². The molecule has 0 spiro atoms. The lowest BCUT2D eigenvalue weighted by atomic mass is 9.65. The van der Waals surface area contributed by atoms with Crippen LogP contribution in [0.5, 0.6) is 0 Å². The van der Waals surface area contributed by atoms with Gasteiger partial charge in [-0.2, -0.15) is 4.31 Å². The average molecular weight is 474 g/mol. The van der Waals surface area contributed by atoms with E-state index < -0.39 is 18.3 Å². The van der Waals surface area contributed by atoms with Crippen LogP contribution in [0.3, 0.4) is 0 Å². The van der Waals surface area contributed by atoms with E-state index in [1.165, 1.54) is 11.1 Å². The Hall–Kier alpha value is -1.21. The molecule has 176 valence electrons. The smallest absolute Gasteiger partial charge is 0.243 e. The third kappa shape index (κ3) is 3.97.